The fourth-order valence-electron chi connectivity index (χ4n) is 5.60. The Morgan fingerprint density at radius 2 is 1.94 bits per heavy atom. The molecule has 2 saturated carbocycles. The van der Waals surface area contributed by atoms with Crippen molar-refractivity contribution in [1.82, 2.24) is 19.4 Å². The summed E-state index contributed by atoms with van der Waals surface area (Å²) in [6.07, 6.45) is -7.92. The van der Waals surface area contributed by atoms with Crippen molar-refractivity contribution in [1.29, 1.82) is 0 Å². The molecule has 166 valence electrons. The van der Waals surface area contributed by atoms with Gasteiger partial charge in [0.1, 0.15) is 18.1 Å². The van der Waals surface area contributed by atoms with E-state index in [0.29, 0.717) is 13.2 Å². The van der Waals surface area contributed by atoms with Crippen molar-refractivity contribution >= 4 is 5.82 Å². The molecule has 0 amide bonds. The molecule has 0 radical (unpaired) electrons. The van der Waals surface area contributed by atoms with E-state index in [0.717, 1.165) is 18.8 Å². The van der Waals surface area contributed by atoms with Crippen molar-refractivity contribution < 1.29 is 31.1 Å². The smallest absolute Gasteiger partial charge is 0.383 e. The molecule has 3 saturated heterocycles. The average molecular weight is 445 g/mol. The van der Waals surface area contributed by atoms with Crippen LogP contribution in [0.5, 0.6) is 0 Å². The molecular formula is C19H17F6N5O. The van der Waals surface area contributed by atoms with E-state index >= 15 is 0 Å². The Morgan fingerprint density at radius 1 is 1.19 bits per heavy atom. The first-order chi connectivity index (χ1) is 14.5. The van der Waals surface area contributed by atoms with Gasteiger partial charge in [-0.1, -0.05) is 0 Å². The lowest BCUT2D eigenvalue weighted by molar-refractivity contribution is -0.137. The first kappa shape index (κ1) is 19.4. The third-order valence-corrected chi connectivity index (χ3v) is 7.09. The van der Waals surface area contributed by atoms with Crippen LogP contribution in [0.1, 0.15) is 11.4 Å². The highest BCUT2D eigenvalue weighted by Gasteiger charge is 2.94. The summed E-state index contributed by atoms with van der Waals surface area (Å²) in [4.78, 5) is 9.98. The molecule has 6 nitrogen and oxygen atoms in total. The number of nitrogens with zero attached hydrogens (tertiary/aromatic N) is 4. The van der Waals surface area contributed by atoms with E-state index in [-0.39, 0.29) is 41.0 Å². The fraction of sp³-hybridized carbons (Fsp3) is 0.579. The summed E-state index contributed by atoms with van der Waals surface area (Å²) in [5, 5.41) is 0. The Morgan fingerprint density at radius 3 is 2.52 bits per heavy atom. The molecular weight excluding hydrogens is 428 g/mol. The first-order valence-electron chi connectivity index (χ1n) is 9.84. The van der Waals surface area contributed by atoms with E-state index in [1.165, 1.54) is 6.20 Å². The molecule has 5 aliphatic rings. The van der Waals surface area contributed by atoms with Crippen LogP contribution in [0.4, 0.5) is 32.2 Å². The lowest BCUT2D eigenvalue weighted by atomic mass is 10.1. The van der Waals surface area contributed by atoms with Crippen molar-refractivity contribution in [2.45, 2.75) is 36.4 Å². The summed E-state index contributed by atoms with van der Waals surface area (Å²) in [5.41, 5.74) is 3.78. The number of anilines is 1. The van der Waals surface area contributed by atoms with Crippen LogP contribution >= 0.6 is 0 Å². The van der Waals surface area contributed by atoms with Crippen molar-refractivity contribution in [2.24, 2.45) is 11.8 Å². The largest absolute Gasteiger partial charge is 0.419 e. The normalized spacial score (nSPS) is 32.1. The van der Waals surface area contributed by atoms with Gasteiger partial charge >= 0.3 is 12.4 Å². The number of fused-ring (bicyclic) bond motifs is 1. The molecule has 0 aromatic carbocycles. The second kappa shape index (κ2) is 5.71. The zero-order chi connectivity index (χ0) is 21.9. The monoisotopic (exact) mass is 445 g/mol. The molecule has 5 fully saturated rings. The van der Waals surface area contributed by atoms with E-state index < -0.39 is 35.7 Å². The summed E-state index contributed by atoms with van der Waals surface area (Å²) in [5.74, 6) is -0.375. The van der Waals surface area contributed by atoms with E-state index in [4.69, 9.17) is 10.5 Å². The molecule has 0 spiro atoms. The summed E-state index contributed by atoms with van der Waals surface area (Å²) in [6, 6.07) is 1.20. The Bertz CT molecular complexity index is 1070. The molecule has 5 heterocycles. The van der Waals surface area contributed by atoms with Gasteiger partial charge in [0.05, 0.1) is 36.1 Å². The van der Waals surface area contributed by atoms with Gasteiger partial charge in [-0.25, -0.2) is 9.97 Å². The van der Waals surface area contributed by atoms with Crippen LogP contribution in [0, 0.1) is 11.8 Å². The van der Waals surface area contributed by atoms with E-state index in [1.54, 1.807) is 4.57 Å². The summed E-state index contributed by atoms with van der Waals surface area (Å²) >= 11 is 0. The number of ether oxygens (including phenoxy) is 1. The van der Waals surface area contributed by atoms with Gasteiger partial charge < -0.3 is 15.0 Å². The van der Waals surface area contributed by atoms with Crippen LogP contribution in [0.3, 0.4) is 0 Å². The number of hydrogen-bond acceptors (Lipinski definition) is 5. The zero-order valence-electron chi connectivity index (χ0n) is 15.9. The van der Waals surface area contributed by atoms with Gasteiger partial charge in [0.15, 0.2) is 0 Å². The summed E-state index contributed by atoms with van der Waals surface area (Å²) in [7, 11) is 0. The third-order valence-electron chi connectivity index (χ3n) is 7.09. The standard InChI is InChI=1S/C19H17F6N5O/c20-17(21,22)2-13-28-12(8-1-10(19(23,24)25)16(26)27-3-8)5-30(13)18-11-4-29(9-6-31-7-9)15(18)14(11)18/h1,3,5,9,11,14-15H,2,4,6-7H2,(H2,26,27)/t11-,14-,15?,18-/m0/s1. The second-order valence-corrected chi connectivity index (χ2v) is 8.71. The number of imidazole rings is 1. The van der Waals surface area contributed by atoms with Gasteiger partial charge in [-0.3, -0.25) is 4.90 Å². The Kier molecular flexibility index (Phi) is 3.57. The van der Waals surface area contributed by atoms with Crippen LogP contribution < -0.4 is 5.73 Å². The first-order valence-corrected chi connectivity index (χ1v) is 9.84. The molecule has 1 unspecified atom stereocenters. The van der Waals surface area contributed by atoms with E-state index in [1.807, 2.05) is 0 Å². The quantitative estimate of drug-likeness (QED) is 0.734. The van der Waals surface area contributed by atoms with Crippen LogP contribution in [0.25, 0.3) is 11.3 Å². The highest BCUT2D eigenvalue weighted by Crippen LogP contribution is 2.84. The molecule has 2 aliphatic carbocycles. The number of hydrogen-bond donors (Lipinski definition) is 1. The Labute approximate surface area is 172 Å². The minimum absolute atomic E-state index is 0.0189. The number of halogens is 6. The minimum atomic E-state index is -4.73. The topological polar surface area (TPSA) is 69.2 Å². The molecule has 2 aromatic heterocycles. The minimum Gasteiger partial charge on any atom is -0.383 e. The lowest BCUT2D eigenvalue weighted by Crippen LogP contribution is -2.48. The number of nitrogen functional groups attached to an aromatic ring is 1. The number of rotatable bonds is 4. The number of aromatic nitrogens is 3. The summed E-state index contributed by atoms with van der Waals surface area (Å²) < 4.78 is 86.2. The highest BCUT2D eigenvalue weighted by atomic mass is 19.4. The van der Waals surface area contributed by atoms with Crippen molar-refractivity contribution in [3.05, 3.63) is 29.8 Å². The third kappa shape index (κ3) is 2.60. The lowest BCUT2D eigenvalue weighted by Gasteiger charge is -2.34. The maximum absolute atomic E-state index is 13.2. The molecule has 2 N–H and O–H groups in total. The van der Waals surface area contributed by atoms with Gasteiger partial charge in [0.2, 0.25) is 0 Å². The molecule has 7 rings (SSSR count). The number of pyridine rings is 1. The van der Waals surface area contributed by atoms with Gasteiger partial charge in [-0.15, -0.1) is 0 Å². The number of piperidine rings is 1. The van der Waals surface area contributed by atoms with Crippen molar-refractivity contribution in [2.75, 3.05) is 25.5 Å². The second-order valence-electron chi connectivity index (χ2n) is 8.71. The van der Waals surface area contributed by atoms with Crippen LogP contribution in [-0.2, 0) is 22.9 Å². The maximum atomic E-state index is 13.2. The number of alkyl halides is 6. The summed E-state index contributed by atoms with van der Waals surface area (Å²) in [6.45, 7) is 2.03. The molecule has 12 heteroatoms. The van der Waals surface area contributed by atoms with E-state index in [2.05, 4.69) is 14.9 Å². The fourth-order valence-corrected chi connectivity index (χ4v) is 5.60. The Hall–Kier alpha value is -2.34. The molecule has 3 aliphatic heterocycles. The predicted molar refractivity (Wildman–Crippen MR) is 94.7 cm³/mol. The van der Waals surface area contributed by atoms with Gasteiger partial charge in [0, 0.05) is 42.4 Å². The molecule has 2 aromatic rings. The molecule has 4 atom stereocenters. The SMILES string of the molecule is Nc1ncc(-c2cn([C@]34C5[C@@H]3[C@@H]4CN5C3COC3)c(CC(F)(F)F)n2)cc1C(F)(F)F. The Balaban J connectivity index is 1.39. The highest BCUT2D eigenvalue weighted by molar-refractivity contribution is 5.63. The van der Waals surface area contributed by atoms with Crippen LogP contribution in [0.15, 0.2) is 18.5 Å². The van der Waals surface area contributed by atoms with E-state index in [9.17, 15) is 26.3 Å². The van der Waals surface area contributed by atoms with Crippen molar-refractivity contribution in [3.63, 3.8) is 0 Å². The molecule has 31 heavy (non-hydrogen) atoms. The van der Waals surface area contributed by atoms with Gasteiger partial charge in [0.25, 0.3) is 0 Å². The molecule has 2 bridgehead atoms. The van der Waals surface area contributed by atoms with Crippen LogP contribution in [-0.4, -0.2) is 57.5 Å². The average Bonchev–Trinajstić information content (AvgIpc) is 3.18. The van der Waals surface area contributed by atoms with Crippen molar-refractivity contribution in [3.8, 4) is 11.3 Å². The van der Waals surface area contributed by atoms with Crippen LogP contribution in [0.2, 0.25) is 0 Å². The van der Waals surface area contributed by atoms with Gasteiger partial charge in [-0.05, 0) is 6.07 Å². The van der Waals surface area contributed by atoms with Gasteiger partial charge in [-0.2, -0.15) is 26.3 Å². The predicted octanol–water partition coefficient (Wildman–Crippen LogP) is 2.69. The zero-order valence-corrected chi connectivity index (χ0v) is 15.9. The maximum Gasteiger partial charge on any atom is 0.419 e. The number of nitrogens with two attached hydrogens (primary N) is 1.